The zero-order valence-electron chi connectivity index (χ0n) is 12.4. The molecule has 1 saturated heterocycles. The average Bonchev–Trinajstić information content (AvgIpc) is 2.87. The van der Waals surface area contributed by atoms with Crippen molar-refractivity contribution >= 4 is 17.7 Å². The van der Waals surface area contributed by atoms with Crippen LogP contribution in [0.1, 0.15) is 58.8 Å². The second-order valence-electron chi connectivity index (χ2n) is 5.37. The fourth-order valence-electron chi connectivity index (χ4n) is 2.15. The highest BCUT2D eigenvalue weighted by Crippen LogP contribution is 2.29. The topological polar surface area (TPSA) is 35.5 Å². The highest BCUT2D eigenvalue weighted by atomic mass is 32.2. The van der Waals surface area contributed by atoms with Gasteiger partial charge < -0.3 is 9.47 Å². The quantitative estimate of drug-likeness (QED) is 0.452. The molecule has 0 aromatic carbocycles. The van der Waals surface area contributed by atoms with E-state index < -0.39 is 0 Å². The maximum absolute atomic E-state index is 11.5. The normalized spacial score (nSPS) is 19.0. The minimum atomic E-state index is -0.0522. The lowest BCUT2D eigenvalue weighted by molar-refractivity contribution is -0.144. The van der Waals surface area contributed by atoms with Gasteiger partial charge in [-0.3, -0.25) is 4.79 Å². The van der Waals surface area contributed by atoms with Gasteiger partial charge in [0.15, 0.2) is 0 Å². The molecule has 1 aliphatic rings. The van der Waals surface area contributed by atoms with Crippen molar-refractivity contribution in [1.29, 1.82) is 0 Å². The lowest BCUT2D eigenvalue weighted by Gasteiger charge is -2.09. The highest BCUT2D eigenvalue weighted by Gasteiger charge is 2.14. The zero-order chi connectivity index (χ0) is 13.9. The monoisotopic (exact) mass is 288 g/mol. The predicted molar refractivity (Wildman–Crippen MR) is 80.6 cm³/mol. The van der Waals surface area contributed by atoms with Gasteiger partial charge in [-0.15, -0.1) is 0 Å². The van der Waals surface area contributed by atoms with E-state index in [1.54, 1.807) is 0 Å². The van der Waals surface area contributed by atoms with Gasteiger partial charge >= 0.3 is 5.97 Å². The fourth-order valence-corrected chi connectivity index (χ4v) is 3.48. The molecule has 4 heteroatoms. The molecule has 0 aromatic heterocycles. The molecule has 0 amide bonds. The summed E-state index contributed by atoms with van der Waals surface area (Å²) in [5, 5.41) is 0.851. The molecule has 0 bridgehead atoms. The number of ether oxygens (including phenoxy) is 2. The van der Waals surface area contributed by atoms with Gasteiger partial charge in [0, 0.05) is 18.1 Å². The number of thioether (sulfide) groups is 1. The summed E-state index contributed by atoms with van der Waals surface area (Å²) < 4.78 is 10.6. The second-order valence-corrected chi connectivity index (χ2v) is 6.78. The van der Waals surface area contributed by atoms with Gasteiger partial charge in [-0.25, -0.2) is 0 Å². The molecule has 0 saturated carbocycles. The van der Waals surface area contributed by atoms with E-state index >= 15 is 0 Å². The summed E-state index contributed by atoms with van der Waals surface area (Å²) in [6.45, 7) is 5.18. The minimum Gasteiger partial charge on any atom is -0.466 e. The Morgan fingerprint density at radius 1 is 1.26 bits per heavy atom. The van der Waals surface area contributed by atoms with Crippen molar-refractivity contribution in [2.24, 2.45) is 0 Å². The van der Waals surface area contributed by atoms with E-state index in [-0.39, 0.29) is 12.1 Å². The summed E-state index contributed by atoms with van der Waals surface area (Å²) in [7, 11) is 0. The molecule has 0 N–H and O–H groups in total. The van der Waals surface area contributed by atoms with E-state index in [1.807, 2.05) is 13.8 Å². The molecule has 0 aliphatic carbocycles. The van der Waals surface area contributed by atoms with Crippen LogP contribution >= 0.6 is 11.8 Å². The van der Waals surface area contributed by atoms with Crippen molar-refractivity contribution in [3.05, 3.63) is 0 Å². The zero-order valence-corrected chi connectivity index (χ0v) is 13.2. The number of carbonyl (C=O) groups is 1. The first kappa shape index (κ1) is 16.8. The van der Waals surface area contributed by atoms with Crippen LogP contribution in [-0.2, 0) is 14.3 Å². The number of unbranched alkanes of at least 4 members (excludes halogenated alkanes) is 1. The molecular formula is C15H28O3S. The van der Waals surface area contributed by atoms with Crippen LogP contribution in [0.2, 0.25) is 0 Å². The van der Waals surface area contributed by atoms with Crippen molar-refractivity contribution in [3.63, 3.8) is 0 Å². The predicted octanol–water partition coefficient (Wildman–Crippen LogP) is 3.80. The molecule has 0 aromatic rings. The second kappa shape index (κ2) is 10.6. The SMILES string of the molecule is CC(C)OCCCOC(=O)CCCCC1CCCS1. The van der Waals surface area contributed by atoms with Crippen LogP contribution in [0.5, 0.6) is 0 Å². The van der Waals surface area contributed by atoms with Crippen molar-refractivity contribution in [3.8, 4) is 0 Å². The Bertz CT molecular complexity index is 238. The van der Waals surface area contributed by atoms with Gasteiger partial charge in [0.2, 0.25) is 0 Å². The first-order chi connectivity index (χ1) is 9.18. The van der Waals surface area contributed by atoms with E-state index in [2.05, 4.69) is 11.8 Å². The molecule has 3 nitrogen and oxygen atoms in total. The number of hydrogen-bond acceptors (Lipinski definition) is 4. The lowest BCUT2D eigenvalue weighted by atomic mass is 10.1. The molecule has 1 rings (SSSR count). The molecule has 19 heavy (non-hydrogen) atoms. The van der Waals surface area contributed by atoms with Crippen molar-refractivity contribution < 1.29 is 14.3 Å². The summed E-state index contributed by atoms with van der Waals surface area (Å²) in [6.07, 6.45) is 7.75. The maximum atomic E-state index is 11.5. The van der Waals surface area contributed by atoms with Gasteiger partial charge in [0.1, 0.15) is 0 Å². The van der Waals surface area contributed by atoms with E-state index in [0.717, 1.165) is 24.5 Å². The van der Waals surface area contributed by atoms with Crippen LogP contribution in [0.15, 0.2) is 0 Å². The summed E-state index contributed by atoms with van der Waals surface area (Å²) in [4.78, 5) is 11.5. The van der Waals surface area contributed by atoms with Gasteiger partial charge in [0.25, 0.3) is 0 Å². The summed E-state index contributed by atoms with van der Waals surface area (Å²) >= 11 is 2.09. The summed E-state index contributed by atoms with van der Waals surface area (Å²) in [5.74, 6) is 1.27. The Morgan fingerprint density at radius 3 is 2.79 bits per heavy atom. The van der Waals surface area contributed by atoms with Crippen LogP contribution in [0.3, 0.4) is 0 Å². The molecule has 112 valence electrons. The van der Waals surface area contributed by atoms with E-state index in [1.165, 1.54) is 25.0 Å². The number of carbonyl (C=O) groups excluding carboxylic acids is 1. The minimum absolute atomic E-state index is 0.0522. The Morgan fingerprint density at radius 2 is 2.11 bits per heavy atom. The van der Waals surface area contributed by atoms with Crippen LogP contribution < -0.4 is 0 Å². The van der Waals surface area contributed by atoms with Crippen molar-refractivity contribution in [2.75, 3.05) is 19.0 Å². The maximum Gasteiger partial charge on any atom is 0.305 e. The van der Waals surface area contributed by atoms with Crippen molar-refractivity contribution in [1.82, 2.24) is 0 Å². The van der Waals surface area contributed by atoms with Crippen LogP contribution in [0, 0.1) is 0 Å². The third-order valence-corrected chi connectivity index (χ3v) is 4.65. The number of hydrogen-bond donors (Lipinski definition) is 0. The first-order valence-corrected chi connectivity index (χ1v) is 8.62. The molecule has 0 spiro atoms. The Kier molecular flexibility index (Phi) is 9.35. The summed E-state index contributed by atoms with van der Waals surface area (Å²) in [6, 6.07) is 0. The van der Waals surface area contributed by atoms with E-state index in [4.69, 9.17) is 9.47 Å². The van der Waals surface area contributed by atoms with Gasteiger partial charge in [-0.1, -0.05) is 6.42 Å². The first-order valence-electron chi connectivity index (χ1n) is 7.57. The molecule has 1 unspecified atom stereocenters. The smallest absolute Gasteiger partial charge is 0.305 e. The molecule has 1 heterocycles. The largest absolute Gasteiger partial charge is 0.466 e. The van der Waals surface area contributed by atoms with Crippen LogP contribution in [0.25, 0.3) is 0 Å². The third kappa shape index (κ3) is 9.33. The fraction of sp³-hybridized carbons (Fsp3) is 0.933. The molecule has 1 atom stereocenters. The van der Waals surface area contributed by atoms with E-state index in [0.29, 0.717) is 19.6 Å². The molecule has 1 aliphatic heterocycles. The van der Waals surface area contributed by atoms with Gasteiger partial charge in [0.05, 0.1) is 19.3 Å². The van der Waals surface area contributed by atoms with Crippen LogP contribution in [0.4, 0.5) is 0 Å². The molecular weight excluding hydrogens is 260 g/mol. The van der Waals surface area contributed by atoms with Crippen molar-refractivity contribution in [2.45, 2.75) is 70.1 Å². The third-order valence-electron chi connectivity index (χ3n) is 3.18. The van der Waals surface area contributed by atoms with E-state index in [9.17, 15) is 4.79 Å². The Labute approximate surface area is 121 Å². The van der Waals surface area contributed by atoms with Gasteiger partial charge in [-0.2, -0.15) is 11.8 Å². The highest BCUT2D eigenvalue weighted by molar-refractivity contribution is 8.00. The standard InChI is InChI=1S/C15H28O3S/c1-13(2)17-10-6-11-18-15(16)9-4-3-7-14-8-5-12-19-14/h13-14H,3-12H2,1-2H3. The number of esters is 1. The molecule has 0 radical (unpaired) electrons. The van der Waals surface area contributed by atoms with Crippen LogP contribution in [-0.4, -0.2) is 36.3 Å². The Hall–Kier alpha value is -0.220. The lowest BCUT2D eigenvalue weighted by Crippen LogP contribution is -2.10. The average molecular weight is 288 g/mol. The Balaban J connectivity index is 1.84. The van der Waals surface area contributed by atoms with Gasteiger partial charge in [-0.05, 0) is 45.3 Å². The number of rotatable bonds is 10. The molecule has 1 fully saturated rings. The summed E-state index contributed by atoms with van der Waals surface area (Å²) in [5.41, 5.74) is 0.